The van der Waals surface area contributed by atoms with Gasteiger partial charge in [0.05, 0.1) is 30.4 Å². The van der Waals surface area contributed by atoms with E-state index in [1.807, 2.05) is 30.9 Å². The fourth-order valence-corrected chi connectivity index (χ4v) is 6.93. The van der Waals surface area contributed by atoms with Crippen LogP contribution >= 0.6 is 45.8 Å². The largest absolute Gasteiger partial charge is 0.498 e. The third-order valence-corrected chi connectivity index (χ3v) is 8.71. The molecule has 0 bridgehead atoms. The Morgan fingerprint density at radius 3 is 2.49 bits per heavy atom. The van der Waals surface area contributed by atoms with Crippen molar-refractivity contribution in [2.45, 2.75) is 38.3 Å². The Kier molecular flexibility index (Phi) is 7.48. The highest BCUT2D eigenvalue weighted by Gasteiger charge is 2.59. The van der Waals surface area contributed by atoms with Crippen LogP contribution < -0.4 is 0 Å². The summed E-state index contributed by atoms with van der Waals surface area (Å²) >= 11 is 14.7. The molecule has 5 rings (SSSR count). The Morgan fingerprint density at radius 2 is 1.90 bits per heavy atom. The Bertz CT molecular complexity index is 1540. The van der Waals surface area contributed by atoms with Gasteiger partial charge in [-0.05, 0) is 64.0 Å². The van der Waals surface area contributed by atoms with Gasteiger partial charge in [-0.15, -0.1) is 5.10 Å². The number of halogens is 3. The van der Waals surface area contributed by atoms with Gasteiger partial charge in [-0.1, -0.05) is 54.4 Å². The highest BCUT2D eigenvalue weighted by Crippen LogP contribution is 2.52. The summed E-state index contributed by atoms with van der Waals surface area (Å²) < 4.78 is 8.41. The first-order valence-electron chi connectivity index (χ1n) is 12.3. The summed E-state index contributed by atoms with van der Waals surface area (Å²) in [5.74, 6) is 0.0288. The Morgan fingerprint density at radius 1 is 1.23 bits per heavy atom. The standard InChI is InChI=1S/C28H24Cl2IN5O3/c1-15(2)24(37)23-26(31)36(34-33-23)21-12-28(11-16-4-6-17(13-32)7-5-16)25(39-3)22(27(38)35(28)14-21)18-8-19(29)10-20(30)9-18/h4-10,15,21H,11-12,14H2,1-3H3/t21-,28-/m0/s1. The fraction of sp³-hybridized carbons (Fsp3) is 0.321. The monoisotopic (exact) mass is 675 g/mol. The van der Waals surface area contributed by atoms with E-state index >= 15 is 0 Å². The third-order valence-electron chi connectivity index (χ3n) is 7.27. The molecule has 0 aliphatic carbocycles. The molecule has 200 valence electrons. The minimum absolute atomic E-state index is 0.0786. The number of benzene rings is 2. The Balaban J connectivity index is 1.63. The second-order valence-electron chi connectivity index (χ2n) is 10.0. The molecule has 1 amide bonds. The first-order valence-corrected chi connectivity index (χ1v) is 14.1. The highest BCUT2D eigenvalue weighted by molar-refractivity contribution is 14.1. The van der Waals surface area contributed by atoms with Crippen LogP contribution in [0.2, 0.25) is 10.0 Å². The van der Waals surface area contributed by atoms with E-state index in [2.05, 4.69) is 39.0 Å². The van der Waals surface area contributed by atoms with Gasteiger partial charge in [0.25, 0.3) is 5.91 Å². The molecular formula is C28H24Cl2IN5O3. The van der Waals surface area contributed by atoms with Gasteiger partial charge in [-0.25, -0.2) is 4.68 Å². The number of hydrogen-bond donors (Lipinski definition) is 0. The molecule has 39 heavy (non-hydrogen) atoms. The lowest BCUT2D eigenvalue weighted by atomic mass is 9.85. The maximum Gasteiger partial charge on any atom is 0.258 e. The van der Waals surface area contributed by atoms with E-state index in [9.17, 15) is 14.9 Å². The second-order valence-corrected chi connectivity index (χ2v) is 11.9. The highest BCUT2D eigenvalue weighted by atomic mass is 127. The molecule has 2 aliphatic rings. The van der Waals surface area contributed by atoms with Gasteiger partial charge in [0.15, 0.2) is 11.5 Å². The van der Waals surface area contributed by atoms with E-state index in [4.69, 9.17) is 27.9 Å². The van der Waals surface area contributed by atoms with Gasteiger partial charge in [0, 0.05) is 35.3 Å². The lowest BCUT2D eigenvalue weighted by molar-refractivity contribution is -0.126. The average Bonchev–Trinajstić information content (AvgIpc) is 3.52. The third kappa shape index (κ3) is 4.72. The number of rotatable bonds is 7. The minimum atomic E-state index is -0.841. The SMILES string of the molecule is COC1=C(c2cc(Cl)cc(Cl)c2)C(=O)N2C[C@@H](n3nnc(C(=O)C(C)C)c3I)C[C@@]12Cc1ccc(C#N)cc1. The van der Waals surface area contributed by atoms with Crippen LogP contribution in [0.15, 0.2) is 48.2 Å². The summed E-state index contributed by atoms with van der Waals surface area (Å²) in [7, 11) is 1.56. The van der Waals surface area contributed by atoms with Gasteiger partial charge in [0.2, 0.25) is 0 Å². The number of amides is 1. The molecule has 3 heterocycles. The van der Waals surface area contributed by atoms with Crippen molar-refractivity contribution in [2.24, 2.45) is 5.92 Å². The van der Waals surface area contributed by atoms with Crippen molar-refractivity contribution < 1.29 is 14.3 Å². The fourth-order valence-electron chi connectivity index (χ4n) is 5.54. The number of nitrogens with zero attached hydrogens (tertiary/aromatic N) is 5. The molecule has 0 radical (unpaired) electrons. The summed E-state index contributed by atoms with van der Waals surface area (Å²) in [6.07, 6.45) is 0.930. The molecule has 1 fully saturated rings. The van der Waals surface area contributed by atoms with E-state index in [1.165, 1.54) is 0 Å². The number of ketones is 1. The van der Waals surface area contributed by atoms with Crippen molar-refractivity contribution in [3.63, 3.8) is 0 Å². The van der Waals surface area contributed by atoms with Gasteiger partial charge in [0.1, 0.15) is 15.0 Å². The number of hydrogen-bond acceptors (Lipinski definition) is 6. The lowest BCUT2D eigenvalue weighted by Crippen LogP contribution is -2.45. The molecule has 2 atom stereocenters. The number of carbonyl (C=O) groups is 2. The van der Waals surface area contributed by atoms with Crippen molar-refractivity contribution in [2.75, 3.05) is 13.7 Å². The number of aromatic nitrogens is 3. The van der Waals surface area contributed by atoms with Crippen molar-refractivity contribution in [3.05, 3.63) is 84.4 Å². The number of nitriles is 1. The Hall–Kier alpha value is -2.94. The zero-order valence-electron chi connectivity index (χ0n) is 21.4. The smallest absolute Gasteiger partial charge is 0.258 e. The molecular weight excluding hydrogens is 652 g/mol. The minimum Gasteiger partial charge on any atom is -0.498 e. The molecule has 3 aromatic rings. The van der Waals surface area contributed by atoms with Gasteiger partial charge >= 0.3 is 0 Å². The van der Waals surface area contributed by atoms with Crippen LogP contribution in [0.4, 0.5) is 0 Å². The predicted molar refractivity (Wildman–Crippen MR) is 155 cm³/mol. The van der Waals surface area contributed by atoms with Crippen LogP contribution in [0.25, 0.3) is 5.57 Å². The van der Waals surface area contributed by atoms with Crippen molar-refractivity contribution in [1.29, 1.82) is 5.26 Å². The molecule has 0 saturated carbocycles. The van der Waals surface area contributed by atoms with Crippen LogP contribution in [0, 0.1) is 20.9 Å². The van der Waals surface area contributed by atoms with Crippen molar-refractivity contribution in [3.8, 4) is 6.07 Å². The number of carbonyl (C=O) groups excluding carboxylic acids is 2. The first-order chi connectivity index (χ1) is 18.6. The van der Waals surface area contributed by atoms with Crippen molar-refractivity contribution >= 4 is 63.1 Å². The number of fused-ring (bicyclic) bond motifs is 1. The van der Waals surface area contributed by atoms with Crippen LogP contribution in [-0.4, -0.2) is 50.8 Å². The maximum atomic E-state index is 14.1. The summed E-state index contributed by atoms with van der Waals surface area (Å²) in [6.45, 7) is 4.00. The topological polar surface area (TPSA) is 101 Å². The number of Topliss-reactive ketones (excluding diaryl/α,β-unsaturated/α-hetero) is 1. The normalized spacial score (nSPS) is 20.5. The van der Waals surface area contributed by atoms with Crippen molar-refractivity contribution in [1.82, 2.24) is 19.9 Å². The van der Waals surface area contributed by atoms with Crippen LogP contribution in [0.3, 0.4) is 0 Å². The molecule has 0 N–H and O–H groups in total. The van der Waals surface area contributed by atoms with E-state index in [0.29, 0.717) is 61.3 Å². The molecule has 2 aliphatic heterocycles. The van der Waals surface area contributed by atoms with E-state index in [1.54, 1.807) is 42.1 Å². The zero-order chi connectivity index (χ0) is 28.1. The molecule has 1 saturated heterocycles. The first kappa shape index (κ1) is 27.6. The molecule has 11 heteroatoms. The van der Waals surface area contributed by atoms with Gasteiger partial charge < -0.3 is 9.64 Å². The number of ether oxygens (including phenoxy) is 1. The summed E-state index contributed by atoms with van der Waals surface area (Å²) in [5, 5.41) is 18.6. The molecule has 8 nitrogen and oxygen atoms in total. The van der Waals surface area contributed by atoms with Gasteiger partial charge in [-0.3, -0.25) is 9.59 Å². The summed E-state index contributed by atoms with van der Waals surface area (Å²) in [5.41, 5.74) is 1.98. The molecule has 2 aromatic carbocycles. The average molecular weight is 676 g/mol. The summed E-state index contributed by atoms with van der Waals surface area (Å²) in [6, 6.07) is 14.2. The summed E-state index contributed by atoms with van der Waals surface area (Å²) in [4.78, 5) is 28.6. The van der Waals surface area contributed by atoms with E-state index in [-0.39, 0.29) is 23.7 Å². The van der Waals surface area contributed by atoms with E-state index in [0.717, 1.165) is 5.56 Å². The number of methoxy groups -OCH3 is 1. The maximum absolute atomic E-state index is 14.1. The van der Waals surface area contributed by atoms with Crippen LogP contribution in [0.1, 0.15) is 53.5 Å². The molecule has 0 unspecified atom stereocenters. The Labute approximate surface area is 249 Å². The van der Waals surface area contributed by atoms with Crippen LogP contribution in [-0.2, 0) is 16.0 Å². The molecule has 1 aromatic heterocycles. The predicted octanol–water partition coefficient (Wildman–Crippen LogP) is 5.73. The quantitative estimate of drug-likeness (QED) is 0.234. The zero-order valence-corrected chi connectivity index (χ0v) is 25.1. The van der Waals surface area contributed by atoms with Crippen LogP contribution in [0.5, 0.6) is 0 Å². The lowest BCUT2D eigenvalue weighted by Gasteiger charge is -2.34. The van der Waals surface area contributed by atoms with E-state index < -0.39 is 5.54 Å². The van der Waals surface area contributed by atoms with Gasteiger partial charge in [-0.2, -0.15) is 5.26 Å². The molecule has 0 spiro atoms. The second kappa shape index (κ2) is 10.6.